The van der Waals surface area contributed by atoms with Crippen LogP contribution in [0.4, 0.5) is 10.1 Å². The van der Waals surface area contributed by atoms with Crippen molar-refractivity contribution in [3.05, 3.63) is 66.0 Å². The molecular formula is C22H21FN4O3. The lowest BCUT2D eigenvalue weighted by Crippen LogP contribution is -2.41. The van der Waals surface area contributed by atoms with Crippen LogP contribution in [-0.4, -0.2) is 46.7 Å². The Labute approximate surface area is 172 Å². The Bertz CT molecular complexity index is 1030. The second kappa shape index (κ2) is 7.98. The van der Waals surface area contributed by atoms with E-state index in [0.717, 1.165) is 11.1 Å². The third-order valence-corrected chi connectivity index (χ3v) is 5.31. The molecule has 1 atom stereocenters. The molecule has 4 rings (SSSR count). The molecule has 0 saturated carbocycles. The highest BCUT2D eigenvalue weighted by atomic mass is 19.1. The van der Waals surface area contributed by atoms with Crippen molar-refractivity contribution < 1.29 is 19.1 Å². The molecule has 2 heterocycles. The van der Waals surface area contributed by atoms with Gasteiger partial charge >= 0.3 is 0 Å². The van der Waals surface area contributed by atoms with Crippen LogP contribution in [0.25, 0.3) is 5.57 Å². The Morgan fingerprint density at radius 3 is 2.40 bits per heavy atom. The fraction of sp³-hybridized carbons (Fsp3) is 0.227. The van der Waals surface area contributed by atoms with Crippen LogP contribution in [0.1, 0.15) is 18.4 Å². The number of hydrogen-bond donors (Lipinski definition) is 2. The number of amides is 2. The Morgan fingerprint density at radius 1 is 1.10 bits per heavy atom. The number of hydrogen-bond acceptors (Lipinski definition) is 5. The van der Waals surface area contributed by atoms with E-state index in [1.807, 2.05) is 18.2 Å². The minimum Gasteiger partial charge on any atom is -0.508 e. The van der Waals surface area contributed by atoms with Crippen molar-refractivity contribution in [3.63, 3.8) is 0 Å². The molecule has 2 aromatic carbocycles. The molecule has 0 spiro atoms. The van der Waals surface area contributed by atoms with E-state index in [-0.39, 0.29) is 23.8 Å². The van der Waals surface area contributed by atoms with Crippen LogP contribution in [0.2, 0.25) is 0 Å². The molecular weight excluding hydrogens is 387 g/mol. The summed E-state index contributed by atoms with van der Waals surface area (Å²) in [7, 11) is 0. The average Bonchev–Trinajstić information content (AvgIpc) is 3.20. The van der Waals surface area contributed by atoms with Gasteiger partial charge in [-0.25, -0.2) is 4.39 Å². The summed E-state index contributed by atoms with van der Waals surface area (Å²) in [6, 6.07) is 11.7. The first kappa shape index (κ1) is 19.6. The van der Waals surface area contributed by atoms with Gasteiger partial charge in [0.25, 0.3) is 5.91 Å². The molecule has 3 N–H and O–H groups in total. The first-order chi connectivity index (χ1) is 14.4. The molecule has 8 heteroatoms. The lowest BCUT2D eigenvalue weighted by molar-refractivity contribution is -0.123. The number of benzene rings is 2. The van der Waals surface area contributed by atoms with Crippen LogP contribution in [0.3, 0.4) is 0 Å². The highest BCUT2D eigenvalue weighted by molar-refractivity contribution is 6.40. The van der Waals surface area contributed by atoms with Crippen molar-refractivity contribution in [1.29, 1.82) is 0 Å². The second-order valence-electron chi connectivity index (χ2n) is 7.27. The van der Waals surface area contributed by atoms with E-state index in [9.17, 15) is 19.1 Å². The molecule has 2 aromatic rings. The molecule has 0 saturated heterocycles. The molecule has 7 nitrogen and oxygen atoms in total. The topological polar surface area (TPSA) is 99.2 Å². The SMILES string of the molecule is NC(=O)C1CC(C(=O)N2CC=C(c3ccc(O)cc3)CC2)=NN1c1ccc(F)cc1. The largest absolute Gasteiger partial charge is 0.508 e. The number of anilines is 1. The molecule has 0 aliphatic carbocycles. The third kappa shape index (κ3) is 3.89. The number of carbonyl (C=O) groups excluding carboxylic acids is 2. The van der Waals surface area contributed by atoms with Gasteiger partial charge in [0.05, 0.1) is 5.69 Å². The zero-order valence-electron chi connectivity index (χ0n) is 16.2. The van der Waals surface area contributed by atoms with Gasteiger partial charge in [-0.15, -0.1) is 0 Å². The van der Waals surface area contributed by atoms with E-state index in [1.54, 1.807) is 17.0 Å². The molecule has 2 aliphatic heterocycles. The van der Waals surface area contributed by atoms with E-state index in [1.165, 1.54) is 29.3 Å². The van der Waals surface area contributed by atoms with E-state index in [2.05, 4.69) is 5.10 Å². The zero-order valence-corrected chi connectivity index (χ0v) is 16.2. The summed E-state index contributed by atoms with van der Waals surface area (Å²) in [5.41, 5.74) is 8.38. The summed E-state index contributed by atoms with van der Waals surface area (Å²) in [5, 5.41) is 15.2. The highest BCUT2D eigenvalue weighted by Crippen LogP contribution is 2.27. The van der Waals surface area contributed by atoms with Crippen LogP contribution in [0, 0.1) is 5.82 Å². The molecule has 0 aromatic heterocycles. The van der Waals surface area contributed by atoms with E-state index >= 15 is 0 Å². The van der Waals surface area contributed by atoms with Crippen molar-refractivity contribution in [1.82, 2.24) is 4.90 Å². The maximum absolute atomic E-state index is 13.2. The standard InChI is InChI=1S/C22H21FN4O3/c23-16-3-5-17(6-4-16)27-20(21(24)29)13-19(25-27)22(30)26-11-9-15(10-12-26)14-1-7-18(28)8-2-14/h1-9,20,28H,10-13H2,(H2,24,29). The number of phenols is 1. The molecule has 2 aliphatic rings. The Hall–Kier alpha value is -3.68. The van der Waals surface area contributed by atoms with Gasteiger partial charge in [0.2, 0.25) is 5.91 Å². The van der Waals surface area contributed by atoms with Crippen LogP contribution >= 0.6 is 0 Å². The normalized spacial score (nSPS) is 18.8. The molecule has 2 amide bonds. The quantitative estimate of drug-likeness (QED) is 0.811. The first-order valence-corrected chi connectivity index (χ1v) is 9.61. The zero-order chi connectivity index (χ0) is 21.3. The maximum Gasteiger partial charge on any atom is 0.270 e. The van der Waals surface area contributed by atoms with Gasteiger partial charge in [-0.2, -0.15) is 5.10 Å². The fourth-order valence-electron chi connectivity index (χ4n) is 3.67. The second-order valence-corrected chi connectivity index (χ2v) is 7.27. The smallest absolute Gasteiger partial charge is 0.270 e. The van der Waals surface area contributed by atoms with Crippen LogP contribution in [0.15, 0.2) is 59.7 Å². The predicted molar refractivity (Wildman–Crippen MR) is 111 cm³/mol. The minimum absolute atomic E-state index is 0.108. The van der Waals surface area contributed by atoms with Crippen LogP contribution < -0.4 is 10.7 Å². The van der Waals surface area contributed by atoms with Gasteiger partial charge < -0.3 is 15.7 Å². The summed E-state index contributed by atoms with van der Waals surface area (Å²) in [6.45, 7) is 0.939. The molecule has 0 radical (unpaired) electrons. The first-order valence-electron chi connectivity index (χ1n) is 9.61. The van der Waals surface area contributed by atoms with Crippen molar-refractivity contribution in [3.8, 4) is 5.75 Å². The van der Waals surface area contributed by atoms with Crippen molar-refractivity contribution in [2.45, 2.75) is 18.9 Å². The lowest BCUT2D eigenvalue weighted by Gasteiger charge is -2.26. The third-order valence-electron chi connectivity index (χ3n) is 5.31. The van der Waals surface area contributed by atoms with Crippen molar-refractivity contribution in [2.75, 3.05) is 18.1 Å². The number of rotatable bonds is 4. The summed E-state index contributed by atoms with van der Waals surface area (Å²) in [5.74, 6) is -1.04. The number of hydrazone groups is 1. The number of nitrogens with zero attached hydrogens (tertiary/aromatic N) is 3. The summed E-state index contributed by atoms with van der Waals surface area (Å²) >= 11 is 0. The minimum atomic E-state index is -0.790. The number of halogens is 1. The van der Waals surface area contributed by atoms with E-state index in [0.29, 0.717) is 25.2 Å². The van der Waals surface area contributed by atoms with Crippen LogP contribution in [0.5, 0.6) is 5.75 Å². The van der Waals surface area contributed by atoms with E-state index in [4.69, 9.17) is 5.73 Å². The summed E-state index contributed by atoms with van der Waals surface area (Å²) in [4.78, 5) is 26.6. The monoisotopic (exact) mass is 408 g/mol. The Morgan fingerprint density at radius 2 is 1.80 bits per heavy atom. The van der Waals surface area contributed by atoms with Gasteiger partial charge in [-0.3, -0.25) is 14.6 Å². The molecule has 30 heavy (non-hydrogen) atoms. The Kier molecular flexibility index (Phi) is 5.22. The summed E-state index contributed by atoms with van der Waals surface area (Å²) < 4.78 is 13.2. The molecule has 154 valence electrons. The number of nitrogens with two attached hydrogens (primary N) is 1. The molecule has 1 unspecified atom stereocenters. The molecule has 0 bridgehead atoms. The van der Waals surface area contributed by atoms with Crippen molar-refractivity contribution in [2.24, 2.45) is 10.8 Å². The van der Waals surface area contributed by atoms with Gasteiger partial charge in [0, 0.05) is 19.5 Å². The molecule has 0 fully saturated rings. The van der Waals surface area contributed by atoms with Crippen LogP contribution in [-0.2, 0) is 9.59 Å². The number of carbonyl (C=O) groups is 2. The average molecular weight is 408 g/mol. The summed E-state index contributed by atoms with van der Waals surface area (Å²) in [6.07, 6.45) is 2.76. The fourth-order valence-corrected chi connectivity index (χ4v) is 3.67. The van der Waals surface area contributed by atoms with Crippen molar-refractivity contribution >= 4 is 28.8 Å². The lowest BCUT2D eigenvalue weighted by atomic mass is 9.99. The Balaban J connectivity index is 1.50. The number of phenolic OH excluding ortho intramolecular Hbond substituents is 1. The van der Waals surface area contributed by atoms with E-state index < -0.39 is 17.8 Å². The van der Waals surface area contributed by atoms with Gasteiger partial charge in [-0.05, 0) is 54.0 Å². The van der Waals surface area contributed by atoms with Gasteiger partial charge in [0.1, 0.15) is 23.3 Å². The number of primary amides is 1. The predicted octanol–water partition coefficient (Wildman–Crippen LogP) is 2.27. The number of aromatic hydroxyl groups is 1. The van der Waals surface area contributed by atoms with Gasteiger partial charge in [0.15, 0.2) is 0 Å². The van der Waals surface area contributed by atoms with Gasteiger partial charge in [-0.1, -0.05) is 18.2 Å². The highest BCUT2D eigenvalue weighted by Gasteiger charge is 2.36. The maximum atomic E-state index is 13.2.